The molecule has 0 heterocycles. The highest BCUT2D eigenvalue weighted by molar-refractivity contribution is 5.80. The van der Waals surface area contributed by atoms with Crippen LogP contribution in [0.3, 0.4) is 0 Å². The van der Waals surface area contributed by atoms with Gasteiger partial charge in [0.15, 0.2) is 0 Å². The second-order valence-electron chi connectivity index (χ2n) is 8.46. The summed E-state index contributed by atoms with van der Waals surface area (Å²) in [4.78, 5) is 12.3. The predicted molar refractivity (Wildman–Crippen MR) is 122 cm³/mol. The molecule has 0 fully saturated rings. The van der Waals surface area contributed by atoms with E-state index in [-0.39, 0.29) is 32.3 Å². The molecule has 6 nitrogen and oxygen atoms in total. The van der Waals surface area contributed by atoms with Gasteiger partial charge in [-0.3, -0.25) is 4.79 Å². The van der Waals surface area contributed by atoms with E-state index in [9.17, 15) is 4.79 Å². The number of ether oxygens (including phenoxy) is 2. The first-order valence-electron chi connectivity index (χ1n) is 12.3. The lowest BCUT2D eigenvalue weighted by molar-refractivity contribution is -0.131. The van der Waals surface area contributed by atoms with Gasteiger partial charge in [0.25, 0.3) is 0 Å². The minimum Gasteiger partial charge on any atom is -0.394 e. The van der Waals surface area contributed by atoms with Crippen LogP contribution >= 0.6 is 0 Å². The number of amides is 1. The van der Waals surface area contributed by atoms with Crippen molar-refractivity contribution < 1.29 is 24.5 Å². The number of aliphatic hydroxyl groups excluding tert-OH is 2. The lowest BCUT2D eigenvalue weighted by Crippen LogP contribution is -2.39. The standard InChI is InChI=1S/C24H49NO5/c1-2-3-4-5-6-7-8-9-10-11-12-13-14-24(23(25)28,15-19-29-21-17-26)16-20-30-22-18-27/h26-27H,2-22H2,1H3,(H2,25,28). The van der Waals surface area contributed by atoms with E-state index < -0.39 is 5.41 Å². The van der Waals surface area contributed by atoms with E-state index in [1.54, 1.807) is 0 Å². The Bertz CT molecular complexity index is 367. The monoisotopic (exact) mass is 431 g/mol. The number of rotatable bonds is 24. The second-order valence-corrected chi connectivity index (χ2v) is 8.46. The largest absolute Gasteiger partial charge is 0.394 e. The van der Waals surface area contributed by atoms with Crippen LogP contribution in [0.5, 0.6) is 0 Å². The Kier molecular flexibility index (Phi) is 21.0. The van der Waals surface area contributed by atoms with Crippen LogP contribution in [-0.4, -0.2) is 55.8 Å². The van der Waals surface area contributed by atoms with Crippen molar-refractivity contribution in [1.29, 1.82) is 0 Å². The zero-order valence-corrected chi connectivity index (χ0v) is 19.5. The Hall–Kier alpha value is -0.690. The van der Waals surface area contributed by atoms with Crippen molar-refractivity contribution in [2.24, 2.45) is 11.1 Å². The molecule has 30 heavy (non-hydrogen) atoms. The van der Waals surface area contributed by atoms with Crippen LogP contribution in [-0.2, 0) is 14.3 Å². The minimum atomic E-state index is -0.636. The molecule has 0 aromatic carbocycles. The third-order valence-electron chi connectivity index (χ3n) is 5.95. The Balaban J connectivity index is 4.12. The molecule has 180 valence electrons. The highest BCUT2D eigenvalue weighted by Gasteiger charge is 2.35. The number of aliphatic hydroxyl groups is 2. The molecule has 0 aromatic rings. The van der Waals surface area contributed by atoms with Gasteiger partial charge in [-0.1, -0.05) is 84.0 Å². The molecule has 0 saturated heterocycles. The van der Waals surface area contributed by atoms with Crippen LogP contribution in [0.1, 0.15) is 103 Å². The van der Waals surface area contributed by atoms with Crippen molar-refractivity contribution in [3.8, 4) is 0 Å². The minimum absolute atomic E-state index is 0.0259. The normalized spacial score (nSPS) is 11.8. The van der Waals surface area contributed by atoms with Gasteiger partial charge >= 0.3 is 0 Å². The summed E-state index contributed by atoms with van der Waals surface area (Å²) in [6.45, 7) is 3.56. The molecule has 0 atom stereocenters. The van der Waals surface area contributed by atoms with Gasteiger partial charge in [-0.05, 0) is 19.3 Å². The van der Waals surface area contributed by atoms with Gasteiger partial charge in [0.1, 0.15) is 0 Å². The zero-order valence-electron chi connectivity index (χ0n) is 19.5. The molecule has 0 saturated carbocycles. The van der Waals surface area contributed by atoms with Crippen LogP contribution in [0.4, 0.5) is 0 Å². The van der Waals surface area contributed by atoms with Crippen LogP contribution in [0.25, 0.3) is 0 Å². The summed E-state index contributed by atoms with van der Waals surface area (Å²) in [6, 6.07) is 0. The maximum Gasteiger partial charge on any atom is 0.223 e. The van der Waals surface area contributed by atoms with Crippen molar-refractivity contribution in [2.75, 3.05) is 39.6 Å². The highest BCUT2D eigenvalue weighted by Crippen LogP contribution is 2.33. The molecule has 0 aliphatic rings. The first-order chi connectivity index (χ1) is 14.6. The number of nitrogens with two attached hydrogens (primary N) is 1. The van der Waals surface area contributed by atoms with E-state index in [2.05, 4.69) is 6.92 Å². The van der Waals surface area contributed by atoms with E-state index in [0.717, 1.165) is 19.3 Å². The smallest absolute Gasteiger partial charge is 0.223 e. The fourth-order valence-electron chi connectivity index (χ4n) is 3.92. The van der Waals surface area contributed by atoms with Crippen molar-refractivity contribution >= 4 is 5.91 Å². The Labute approximate surface area is 184 Å². The highest BCUT2D eigenvalue weighted by atomic mass is 16.5. The van der Waals surface area contributed by atoms with E-state index in [1.807, 2.05) is 0 Å². The molecule has 0 aliphatic carbocycles. The number of carbonyl (C=O) groups excluding carboxylic acids is 1. The number of hydrogen-bond donors (Lipinski definition) is 3. The molecule has 6 heteroatoms. The molecular formula is C24H49NO5. The Morgan fingerprint density at radius 2 is 1.07 bits per heavy atom. The van der Waals surface area contributed by atoms with Crippen molar-refractivity contribution in [3.05, 3.63) is 0 Å². The lowest BCUT2D eigenvalue weighted by Gasteiger charge is -2.31. The maximum absolute atomic E-state index is 12.3. The third kappa shape index (κ3) is 16.1. The number of unbranched alkanes of at least 4 members (excludes halogenated alkanes) is 11. The number of carbonyl (C=O) groups is 1. The zero-order chi connectivity index (χ0) is 22.3. The van der Waals surface area contributed by atoms with Crippen molar-refractivity contribution in [2.45, 2.75) is 103 Å². The number of hydrogen-bond acceptors (Lipinski definition) is 5. The van der Waals surface area contributed by atoms with Crippen LogP contribution in [0, 0.1) is 5.41 Å². The van der Waals surface area contributed by atoms with Gasteiger partial charge < -0.3 is 25.4 Å². The maximum atomic E-state index is 12.3. The molecule has 0 unspecified atom stereocenters. The summed E-state index contributed by atoms with van der Waals surface area (Å²) in [7, 11) is 0. The second kappa shape index (κ2) is 21.5. The van der Waals surface area contributed by atoms with Crippen LogP contribution in [0.2, 0.25) is 0 Å². The molecule has 4 N–H and O–H groups in total. The van der Waals surface area contributed by atoms with Gasteiger partial charge in [0.05, 0.1) is 31.8 Å². The lowest BCUT2D eigenvalue weighted by atomic mass is 9.76. The molecule has 0 radical (unpaired) electrons. The quantitative estimate of drug-likeness (QED) is 0.197. The summed E-state index contributed by atoms with van der Waals surface area (Å²) < 4.78 is 10.8. The molecule has 0 aromatic heterocycles. The summed E-state index contributed by atoms with van der Waals surface area (Å²) in [5.74, 6) is -0.300. The Morgan fingerprint density at radius 1 is 0.667 bits per heavy atom. The average Bonchev–Trinajstić information content (AvgIpc) is 2.74. The SMILES string of the molecule is CCCCCCCCCCCCCCC(CCOCCO)(CCOCCO)C(N)=O. The fourth-order valence-corrected chi connectivity index (χ4v) is 3.92. The summed E-state index contributed by atoms with van der Waals surface area (Å²) in [5.41, 5.74) is 5.16. The van der Waals surface area contributed by atoms with Gasteiger partial charge in [-0.2, -0.15) is 0 Å². The van der Waals surface area contributed by atoms with E-state index in [4.69, 9.17) is 25.4 Å². The van der Waals surface area contributed by atoms with Crippen molar-refractivity contribution in [1.82, 2.24) is 0 Å². The molecule has 0 bridgehead atoms. The van der Waals surface area contributed by atoms with Gasteiger partial charge in [-0.15, -0.1) is 0 Å². The van der Waals surface area contributed by atoms with Gasteiger partial charge in [0.2, 0.25) is 5.91 Å². The summed E-state index contributed by atoms with van der Waals surface area (Å²) in [5, 5.41) is 17.7. The average molecular weight is 432 g/mol. The van der Waals surface area contributed by atoms with Gasteiger partial charge in [-0.25, -0.2) is 0 Å². The molecular weight excluding hydrogens is 382 g/mol. The molecule has 0 rings (SSSR count). The fraction of sp³-hybridized carbons (Fsp3) is 0.958. The first kappa shape index (κ1) is 29.3. The summed E-state index contributed by atoms with van der Waals surface area (Å²) in [6.07, 6.45) is 17.2. The van der Waals surface area contributed by atoms with Crippen LogP contribution in [0.15, 0.2) is 0 Å². The van der Waals surface area contributed by atoms with Gasteiger partial charge in [0, 0.05) is 13.2 Å². The van der Waals surface area contributed by atoms with E-state index in [0.29, 0.717) is 26.1 Å². The predicted octanol–water partition coefficient (Wildman–Crippen LogP) is 4.35. The summed E-state index contributed by atoms with van der Waals surface area (Å²) >= 11 is 0. The van der Waals surface area contributed by atoms with Crippen molar-refractivity contribution in [3.63, 3.8) is 0 Å². The molecule has 0 aliphatic heterocycles. The number of primary amides is 1. The first-order valence-corrected chi connectivity index (χ1v) is 12.3. The molecule has 1 amide bonds. The molecule has 0 spiro atoms. The third-order valence-corrected chi connectivity index (χ3v) is 5.95. The van der Waals surface area contributed by atoms with E-state index in [1.165, 1.54) is 64.2 Å². The topological polar surface area (TPSA) is 102 Å². The van der Waals surface area contributed by atoms with Crippen LogP contribution < -0.4 is 5.73 Å². The Morgan fingerprint density at radius 3 is 1.43 bits per heavy atom. The van der Waals surface area contributed by atoms with E-state index >= 15 is 0 Å².